The lowest BCUT2D eigenvalue weighted by Crippen LogP contribution is -2.12. The van der Waals surface area contributed by atoms with Crippen molar-refractivity contribution in [3.05, 3.63) is 279 Å². The maximum absolute atomic E-state index is 2.49. The Hall–Kier alpha value is -9.38. The van der Waals surface area contributed by atoms with Gasteiger partial charge in [0.25, 0.3) is 0 Å². The highest BCUT2D eigenvalue weighted by molar-refractivity contribution is 6.12. The van der Waals surface area contributed by atoms with Crippen molar-refractivity contribution in [2.45, 2.75) is 0 Å². The van der Waals surface area contributed by atoms with E-state index in [0.29, 0.717) is 0 Å². The van der Waals surface area contributed by atoms with Gasteiger partial charge in [-0.1, -0.05) is 164 Å². The Kier molecular flexibility index (Phi) is 10.1. The Bertz CT molecular complexity index is 3840. The Morgan fingerprint density at radius 3 is 1.14 bits per heavy atom. The van der Waals surface area contributed by atoms with Crippen molar-refractivity contribution in [1.82, 2.24) is 9.13 Å². The van der Waals surface area contributed by atoms with Crippen molar-refractivity contribution in [2.75, 3.05) is 9.80 Å². The lowest BCUT2D eigenvalue weighted by molar-refractivity contribution is 1.17. The maximum Gasteiger partial charge on any atom is 0.0548 e. The number of benzene rings is 11. The van der Waals surface area contributed by atoms with E-state index in [2.05, 4.69) is 298 Å². The minimum Gasteiger partial charge on any atom is -0.311 e. The normalized spacial score (nSPS) is 11.4. The molecule has 330 valence electrons. The molecule has 0 saturated heterocycles. The summed E-state index contributed by atoms with van der Waals surface area (Å²) in [5.74, 6) is 0. The fraction of sp³-hybridized carbons (Fsp3) is 0. The summed E-state index contributed by atoms with van der Waals surface area (Å²) in [7, 11) is 0. The fourth-order valence-corrected chi connectivity index (χ4v) is 10.6. The molecular formula is C66H46N4. The first-order chi connectivity index (χ1) is 34.8. The molecule has 2 heterocycles. The van der Waals surface area contributed by atoms with Crippen LogP contribution in [0.1, 0.15) is 0 Å². The molecule has 0 N–H and O–H groups in total. The third kappa shape index (κ3) is 7.01. The molecule has 0 aliphatic carbocycles. The molecule has 0 amide bonds. The van der Waals surface area contributed by atoms with Crippen LogP contribution in [0.2, 0.25) is 0 Å². The van der Waals surface area contributed by atoms with Gasteiger partial charge in [0, 0.05) is 66.8 Å². The fourth-order valence-electron chi connectivity index (χ4n) is 10.6. The zero-order valence-corrected chi connectivity index (χ0v) is 38.3. The van der Waals surface area contributed by atoms with Crippen molar-refractivity contribution in [1.29, 1.82) is 0 Å². The number of fused-ring (bicyclic) bond motifs is 6. The molecule has 0 aliphatic heterocycles. The number of anilines is 6. The van der Waals surface area contributed by atoms with Crippen LogP contribution in [0.25, 0.3) is 77.2 Å². The Morgan fingerprint density at radius 2 is 0.629 bits per heavy atom. The lowest BCUT2D eigenvalue weighted by Gasteiger charge is -2.30. The van der Waals surface area contributed by atoms with E-state index in [1.807, 2.05) is 0 Å². The zero-order valence-electron chi connectivity index (χ0n) is 38.3. The van der Waals surface area contributed by atoms with E-state index in [-0.39, 0.29) is 0 Å². The SMILES string of the molecule is c1ccc(N(c2ccccc2)c2ccc(-c3cc(-n4c5ccccc5c5ccccc54)c(-c4ccc5c(c4)c4ccccc4n5-c4ccccc4)cc3N(c3ccccc3)c3ccccc3)cc2)cc1. The minimum absolute atomic E-state index is 1.07. The van der Waals surface area contributed by atoms with Gasteiger partial charge in [-0.25, -0.2) is 0 Å². The van der Waals surface area contributed by atoms with Crippen molar-refractivity contribution in [3.8, 4) is 33.6 Å². The Morgan fingerprint density at radius 1 is 0.243 bits per heavy atom. The number of para-hydroxylation sites is 8. The number of hydrogen-bond acceptors (Lipinski definition) is 2. The highest BCUT2D eigenvalue weighted by Crippen LogP contribution is 2.48. The number of nitrogens with zero attached hydrogens (tertiary/aromatic N) is 4. The second-order valence-corrected chi connectivity index (χ2v) is 17.7. The predicted molar refractivity (Wildman–Crippen MR) is 295 cm³/mol. The van der Waals surface area contributed by atoms with Crippen LogP contribution in [0.5, 0.6) is 0 Å². The van der Waals surface area contributed by atoms with E-state index in [0.717, 1.165) is 78.8 Å². The van der Waals surface area contributed by atoms with E-state index >= 15 is 0 Å². The van der Waals surface area contributed by atoms with Crippen molar-refractivity contribution >= 4 is 77.7 Å². The van der Waals surface area contributed by atoms with Crippen LogP contribution in [0.15, 0.2) is 279 Å². The van der Waals surface area contributed by atoms with E-state index in [1.54, 1.807) is 0 Å². The van der Waals surface area contributed by atoms with E-state index < -0.39 is 0 Å². The molecule has 0 spiro atoms. The van der Waals surface area contributed by atoms with Gasteiger partial charge in [-0.2, -0.15) is 0 Å². The van der Waals surface area contributed by atoms with Gasteiger partial charge in [0.2, 0.25) is 0 Å². The third-order valence-corrected chi connectivity index (χ3v) is 13.7. The molecule has 0 unspecified atom stereocenters. The summed E-state index contributed by atoms with van der Waals surface area (Å²) in [4.78, 5) is 4.74. The second-order valence-electron chi connectivity index (χ2n) is 17.7. The first kappa shape index (κ1) is 40.9. The van der Waals surface area contributed by atoms with Gasteiger partial charge in [0.15, 0.2) is 0 Å². The van der Waals surface area contributed by atoms with E-state index in [4.69, 9.17) is 0 Å². The molecule has 13 aromatic rings. The number of hydrogen-bond donors (Lipinski definition) is 0. The molecular weight excluding hydrogens is 849 g/mol. The lowest BCUT2D eigenvalue weighted by atomic mass is 9.93. The molecule has 13 rings (SSSR count). The molecule has 4 nitrogen and oxygen atoms in total. The van der Waals surface area contributed by atoms with Gasteiger partial charge in [0.05, 0.1) is 33.4 Å². The number of aromatic nitrogens is 2. The van der Waals surface area contributed by atoms with E-state index in [1.165, 1.54) is 32.6 Å². The van der Waals surface area contributed by atoms with Gasteiger partial charge >= 0.3 is 0 Å². The zero-order chi connectivity index (χ0) is 46.4. The molecule has 0 bridgehead atoms. The summed E-state index contributed by atoms with van der Waals surface area (Å²) < 4.78 is 4.88. The van der Waals surface area contributed by atoms with Crippen molar-refractivity contribution < 1.29 is 0 Å². The first-order valence-corrected chi connectivity index (χ1v) is 23.9. The summed E-state index contributed by atoms with van der Waals surface area (Å²) in [6.45, 7) is 0. The van der Waals surface area contributed by atoms with Crippen molar-refractivity contribution in [2.24, 2.45) is 0 Å². The molecule has 0 radical (unpaired) electrons. The van der Waals surface area contributed by atoms with Gasteiger partial charge < -0.3 is 18.9 Å². The summed E-state index contributed by atoms with van der Waals surface area (Å²) in [5.41, 5.74) is 17.9. The van der Waals surface area contributed by atoms with Gasteiger partial charge in [0.1, 0.15) is 0 Å². The molecule has 0 fully saturated rings. The molecule has 11 aromatic carbocycles. The summed E-state index contributed by atoms with van der Waals surface area (Å²) in [6.07, 6.45) is 0. The van der Waals surface area contributed by atoms with Crippen LogP contribution in [0, 0.1) is 0 Å². The average Bonchev–Trinajstić information content (AvgIpc) is 3.95. The predicted octanol–water partition coefficient (Wildman–Crippen LogP) is 18.2. The average molecular weight is 895 g/mol. The minimum atomic E-state index is 1.07. The van der Waals surface area contributed by atoms with Crippen LogP contribution in [0.4, 0.5) is 34.1 Å². The summed E-state index contributed by atoms with van der Waals surface area (Å²) in [5, 5.41) is 4.86. The Labute approximate surface area is 407 Å². The van der Waals surface area contributed by atoms with Crippen LogP contribution >= 0.6 is 0 Å². The monoisotopic (exact) mass is 894 g/mol. The molecule has 70 heavy (non-hydrogen) atoms. The van der Waals surface area contributed by atoms with Crippen LogP contribution in [-0.4, -0.2) is 9.13 Å². The van der Waals surface area contributed by atoms with Crippen LogP contribution in [-0.2, 0) is 0 Å². The second kappa shape index (κ2) is 17.4. The van der Waals surface area contributed by atoms with Crippen molar-refractivity contribution in [3.63, 3.8) is 0 Å². The van der Waals surface area contributed by atoms with Crippen LogP contribution in [0.3, 0.4) is 0 Å². The summed E-state index contributed by atoms with van der Waals surface area (Å²) in [6, 6.07) is 101. The molecule has 0 saturated carbocycles. The third-order valence-electron chi connectivity index (χ3n) is 13.7. The first-order valence-electron chi connectivity index (χ1n) is 23.9. The largest absolute Gasteiger partial charge is 0.311 e. The van der Waals surface area contributed by atoms with Crippen LogP contribution < -0.4 is 9.80 Å². The standard InChI is InChI=1S/C66H46N4/c1-6-22-49(23-7-1)67(50-24-8-2-9-25-50)54-41-38-47(39-42-54)58-45-66(70-62-36-20-16-32-55(62)56-33-17-21-37-63(56)70)59(46-65(58)68(51-26-10-3-11-27-51)52-28-12-4-13-29-52)48-40-43-64-60(44-48)57-34-18-19-35-61(57)69(64)53-30-14-5-15-31-53/h1-46H. The summed E-state index contributed by atoms with van der Waals surface area (Å²) >= 11 is 0. The maximum atomic E-state index is 2.49. The van der Waals surface area contributed by atoms with Gasteiger partial charge in [-0.3, -0.25) is 0 Å². The highest BCUT2D eigenvalue weighted by Gasteiger charge is 2.25. The van der Waals surface area contributed by atoms with Gasteiger partial charge in [-0.15, -0.1) is 0 Å². The highest BCUT2D eigenvalue weighted by atomic mass is 15.2. The topological polar surface area (TPSA) is 16.3 Å². The van der Waals surface area contributed by atoms with Gasteiger partial charge in [-0.05, 0) is 126 Å². The quantitative estimate of drug-likeness (QED) is 0.136. The number of rotatable bonds is 10. The van der Waals surface area contributed by atoms with E-state index in [9.17, 15) is 0 Å². The molecule has 0 atom stereocenters. The molecule has 0 aliphatic rings. The molecule has 2 aromatic heterocycles. The smallest absolute Gasteiger partial charge is 0.0548 e. The Balaban J connectivity index is 1.12. The molecule has 4 heteroatoms.